The number of hydrogen-bond acceptors (Lipinski definition) is 5. The highest BCUT2D eigenvalue weighted by Gasteiger charge is 2.26. The fraction of sp³-hybridized carbons (Fsp3) is 0.0400. The molecule has 0 aliphatic rings. The summed E-state index contributed by atoms with van der Waals surface area (Å²) in [6.07, 6.45) is 0. The average Bonchev–Trinajstić information content (AvgIpc) is 3.17. The van der Waals surface area contributed by atoms with Crippen LogP contribution in [0.4, 0.5) is 11.6 Å². The quantitative estimate of drug-likeness (QED) is 0.411. The van der Waals surface area contributed by atoms with E-state index in [1.807, 2.05) is 60.7 Å². The molecular formula is C25H19N3O4S. The number of hydrogen-bond donors (Lipinski definition) is 2. The van der Waals surface area contributed by atoms with Gasteiger partial charge in [0.2, 0.25) is 11.8 Å². The SMILES string of the molecule is CC(=O)Nc1ccc(S(=O)(=O)Nc2oc(-c3ccccc3)c(-c3ccccc3)c2C#N)cc1. The van der Waals surface area contributed by atoms with Crippen LogP contribution in [-0.4, -0.2) is 14.3 Å². The molecule has 0 atom stereocenters. The molecule has 0 unspecified atom stereocenters. The van der Waals surface area contributed by atoms with Crippen molar-refractivity contribution in [1.29, 1.82) is 5.26 Å². The van der Waals surface area contributed by atoms with Crippen molar-refractivity contribution in [3.63, 3.8) is 0 Å². The Morgan fingerprint density at radius 2 is 1.45 bits per heavy atom. The normalized spacial score (nSPS) is 10.9. The second-order valence-electron chi connectivity index (χ2n) is 7.17. The third kappa shape index (κ3) is 4.63. The number of furan rings is 1. The van der Waals surface area contributed by atoms with Crippen LogP contribution in [-0.2, 0) is 14.8 Å². The fourth-order valence-electron chi connectivity index (χ4n) is 3.38. The molecule has 3 aromatic carbocycles. The Bertz CT molecular complexity index is 1440. The Hall–Kier alpha value is -4.35. The number of nitrogens with one attached hydrogen (secondary N) is 2. The number of carbonyl (C=O) groups excluding carboxylic acids is 1. The molecule has 1 heterocycles. The Labute approximate surface area is 191 Å². The fourth-order valence-corrected chi connectivity index (χ4v) is 4.38. The molecule has 0 aliphatic carbocycles. The van der Waals surface area contributed by atoms with Crippen molar-refractivity contribution in [2.24, 2.45) is 0 Å². The van der Waals surface area contributed by atoms with Crippen molar-refractivity contribution >= 4 is 27.5 Å². The molecule has 4 aromatic rings. The van der Waals surface area contributed by atoms with Crippen LogP contribution in [0.2, 0.25) is 0 Å². The Morgan fingerprint density at radius 3 is 2.00 bits per heavy atom. The van der Waals surface area contributed by atoms with E-state index in [1.54, 1.807) is 0 Å². The number of benzene rings is 3. The lowest BCUT2D eigenvalue weighted by Gasteiger charge is -2.07. The highest BCUT2D eigenvalue weighted by atomic mass is 32.2. The van der Waals surface area contributed by atoms with E-state index < -0.39 is 10.0 Å². The van der Waals surface area contributed by atoms with E-state index in [0.717, 1.165) is 5.56 Å². The van der Waals surface area contributed by atoms with Gasteiger partial charge in [-0.05, 0) is 29.8 Å². The first-order valence-corrected chi connectivity index (χ1v) is 11.5. The molecule has 0 bridgehead atoms. The summed E-state index contributed by atoms with van der Waals surface area (Å²) < 4.78 is 34.4. The van der Waals surface area contributed by atoms with E-state index in [0.29, 0.717) is 22.6 Å². The zero-order chi connectivity index (χ0) is 23.4. The summed E-state index contributed by atoms with van der Waals surface area (Å²) in [4.78, 5) is 11.1. The van der Waals surface area contributed by atoms with Gasteiger partial charge in [-0.3, -0.25) is 4.79 Å². The number of rotatable bonds is 6. The van der Waals surface area contributed by atoms with Crippen molar-refractivity contribution in [1.82, 2.24) is 0 Å². The minimum atomic E-state index is -4.07. The molecular weight excluding hydrogens is 438 g/mol. The first kappa shape index (κ1) is 21.9. The van der Waals surface area contributed by atoms with E-state index >= 15 is 0 Å². The predicted molar refractivity (Wildman–Crippen MR) is 126 cm³/mol. The maximum absolute atomic E-state index is 13.0. The number of amides is 1. The lowest BCUT2D eigenvalue weighted by molar-refractivity contribution is -0.114. The molecule has 0 saturated heterocycles. The summed E-state index contributed by atoms with van der Waals surface area (Å²) in [5.74, 6) is -0.0435. The van der Waals surface area contributed by atoms with Crippen LogP contribution >= 0.6 is 0 Å². The van der Waals surface area contributed by atoms with Gasteiger partial charge in [0.15, 0.2) is 0 Å². The van der Waals surface area contributed by atoms with Crippen molar-refractivity contribution in [3.05, 3.63) is 90.5 Å². The van der Waals surface area contributed by atoms with Gasteiger partial charge >= 0.3 is 0 Å². The van der Waals surface area contributed by atoms with Crippen LogP contribution in [0.1, 0.15) is 12.5 Å². The largest absolute Gasteiger partial charge is 0.438 e. The standard InChI is InChI=1S/C25H19N3O4S/c1-17(29)27-20-12-14-21(15-13-20)33(30,31)28-25-22(16-26)23(18-8-4-2-5-9-18)24(32-25)19-10-6-3-7-11-19/h2-15,28H,1H3,(H,27,29). The van der Waals surface area contributed by atoms with Gasteiger partial charge in [0.25, 0.3) is 10.0 Å². The lowest BCUT2D eigenvalue weighted by atomic mass is 9.98. The van der Waals surface area contributed by atoms with E-state index in [9.17, 15) is 18.5 Å². The second kappa shape index (κ2) is 9.02. The number of nitrogens with zero attached hydrogens (tertiary/aromatic N) is 1. The van der Waals surface area contributed by atoms with Crippen LogP contribution in [0.5, 0.6) is 0 Å². The molecule has 2 N–H and O–H groups in total. The first-order valence-electron chi connectivity index (χ1n) is 9.97. The Kier molecular flexibility index (Phi) is 5.98. The minimum Gasteiger partial charge on any atom is -0.438 e. The summed E-state index contributed by atoms with van der Waals surface area (Å²) in [7, 11) is -4.07. The predicted octanol–water partition coefficient (Wildman–Crippen LogP) is 5.24. The van der Waals surface area contributed by atoms with Gasteiger partial charge in [-0.2, -0.15) is 5.26 Å². The van der Waals surface area contributed by atoms with E-state index in [2.05, 4.69) is 16.1 Å². The van der Waals surface area contributed by atoms with Gasteiger partial charge in [0, 0.05) is 23.7 Å². The molecule has 0 saturated carbocycles. The van der Waals surface area contributed by atoms with E-state index in [-0.39, 0.29) is 22.3 Å². The zero-order valence-electron chi connectivity index (χ0n) is 17.6. The molecule has 0 spiro atoms. The molecule has 164 valence electrons. The molecule has 0 radical (unpaired) electrons. The van der Waals surface area contributed by atoms with Crippen LogP contribution in [0.3, 0.4) is 0 Å². The van der Waals surface area contributed by atoms with Crippen LogP contribution in [0.15, 0.2) is 94.2 Å². The highest BCUT2D eigenvalue weighted by molar-refractivity contribution is 7.92. The van der Waals surface area contributed by atoms with Gasteiger partial charge in [0.1, 0.15) is 17.4 Å². The number of nitriles is 1. The molecule has 1 amide bonds. The minimum absolute atomic E-state index is 0.0422. The highest BCUT2D eigenvalue weighted by Crippen LogP contribution is 2.41. The summed E-state index contributed by atoms with van der Waals surface area (Å²) in [6, 6.07) is 26.1. The molecule has 8 heteroatoms. The third-order valence-electron chi connectivity index (χ3n) is 4.83. The van der Waals surface area contributed by atoms with Crippen LogP contribution in [0, 0.1) is 11.3 Å². The maximum Gasteiger partial charge on any atom is 0.264 e. The summed E-state index contributed by atoms with van der Waals surface area (Å²) in [5, 5.41) is 12.5. The van der Waals surface area contributed by atoms with Crippen LogP contribution < -0.4 is 10.0 Å². The van der Waals surface area contributed by atoms with E-state index in [1.165, 1.54) is 31.2 Å². The average molecular weight is 458 g/mol. The molecule has 0 fully saturated rings. The number of sulfonamides is 1. The van der Waals surface area contributed by atoms with Gasteiger partial charge in [-0.25, -0.2) is 13.1 Å². The van der Waals surface area contributed by atoms with Crippen molar-refractivity contribution < 1.29 is 17.6 Å². The second-order valence-corrected chi connectivity index (χ2v) is 8.85. The molecule has 1 aromatic heterocycles. The molecule has 0 aliphatic heterocycles. The summed E-state index contributed by atoms with van der Waals surface area (Å²) in [6.45, 7) is 1.36. The van der Waals surface area contributed by atoms with Gasteiger partial charge in [-0.15, -0.1) is 0 Å². The maximum atomic E-state index is 13.0. The van der Waals surface area contributed by atoms with Crippen molar-refractivity contribution in [2.75, 3.05) is 10.0 Å². The smallest absolute Gasteiger partial charge is 0.264 e. The third-order valence-corrected chi connectivity index (χ3v) is 6.18. The topological polar surface area (TPSA) is 112 Å². The molecule has 4 rings (SSSR count). The monoisotopic (exact) mass is 457 g/mol. The van der Waals surface area contributed by atoms with Gasteiger partial charge in [-0.1, -0.05) is 60.7 Å². The van der Waals surface area contributed by atoms with Crippen molar-refractivity contribution in [2.45, 2.75) is 11.8 Å². The zero-order valence-corrected chi connectivity index (χ0v) is 18.4. The van der Waals surface area contributed by atoms with Gasteiger partial charge in [0.05, 0.1) is 4.90 Å². The summed E-state index contributed by atoms with van der Waals surface area (Å²) in [5.41, 5.74) is 2.48. The number of carbonyl (C=O) groups is 1. The lowest BCUT2D eigenvalue weighted by Crippen LogP contribution is -2.13. The van der Waals surface area contributed by atoms with Crippen molar-refractivity contribution in [3.8, 4) is 28.5 Å². The Balaban J connectivity index is 1.79. The van der Waals surface area contributed by atoms with Crippen LogP contribution in [0.25, 0.3) is 22.5 Å². The summed E-state index contributed by atoms with van der Waals surface area (Å²) >= 11 is 0. The van der Waals surface area contributed by atoms with Gasteiger partial charge < -0.3 is 9.73 Å². The van der Waals surface area contributed by atoms with E-state index in [4.69, 9.17) is 4.42 Å². The molecule has 33 heavy (non-hydrogen) atoms. The number of anilines is 2. The first-order chi connectivity index (χ1) is 15.9. The Morgan fingerprint density at radius 1 is 0.879 bits per heavy atom. The molecule has 7 nitrogen and oxygen atoms in total.